The third-order valence-electron chi connectivity index (χ3n) is 19.1. The molecule has 19 heteroatoms. The SMILES string of the molecule is CCCCCCCCCCCCCCCC(=O)OC[C@H](COP(=O)(O)OC[C@H](O)COP(=O)(O)OC[C@@H](COC(=O)CCCCCCCCCCCCC(C)CC)OC(=O)CCCCCCCCCCCCCCCCCCC(C)C)OC(=O)CCCCCCCCCCCCCCC. The van der Waals surface area contributed by atoms with E-state index in [0.29, 0.717) is 25.7 Å². The second-order valence-corrected chi connectivity index (χ2v) is 32.4. The summed E-state index contributed by atoms with van der Waals surface area (Å²) in [5, 5.41) is 10.6. The van der Waals surface area contributed by atoms with E-state index in [-0.39, 0.29) is 25.7 Å². The molecule has 0 aliphatic carbocycles. The van der Waals surface area contributed by atoms with E-state index in [4.69, 9.17) is 37.0 Å². The Morgan fingerprint density at radius 3 is 0.768 bits per heavy atom. The molecule has 0 fully saturated rings. The van der Waals surface area contributed by atoms with Gasteiger partial charge in [-0.3, -0.25) is 37.3 Å². The molecule has 0 aromatic heterocycles. The zero-order valence-electron chi connectivity index (χ0n) is 64.8. The molecule has 0 aromatic carbocycles. The molecule has 17 nitrogen and oxygen atoms in total. The van der Waals surface area contributed by atoms with Gasteiger partial charge in [0.15, 0.2) is 12.2 Å². The highest BCUT2D eigenvalue weighted by Crippen LogP contribution is 2.45. The number of rotatable bonds is 79. The fourth-order valence-corrected chi connectivity index (χ4v) is 13.9. The van der Waals surface area contributed by atoms with Gasteiger partial charge in [-0.1, -0.05) is 369 Å². The summed E-state index contributed by atoms with van der Waals surface area (Å²) >= 11 is 0. The molecular formula is C80H156O17P2. The van der Waals surface area contributed by atoms with Crippen LogP contribution in [-0.2, 0) is 65.4 Å². The van der Waals surface area contributed by atoms with Crippen molar-refractivity contribution in [2.24, 2.45) is 11.8 Å². The van der Waals surface area contributed by atoms with E-state index >= 15 is 0 Å². The third kappa shape index (κ3) is 72.8. The number of aliphatic hydroxyl groups excluding tert-OH is 1. The highest BCUT2D eigenvalue weighted by molar-refractivity contribution is 7.47. The lowest BCUT2D eigenvalue weighted by molar-refractivity contribution is -0.161. The zero-order valence-corrected chi connectivity index (χ0v) is 66.6. The number of carbonyl (C=O) groups excluding carboxylic acids is 4. The van der Waals surface area contributed by atoms with E-state index in [1.165, 1.54) is 238 Å². The maximum absolute atomic E-state index is 13.1. The van der Waals surface area contributed by atoms with Crippen molar-refractivity contribution in [2.45, 2.75) is 439 Å². The van der Waals surface area contributed by atoms with E-state index in [1.807, 2.05) is 0 Å². The number of hydrogen-bond donors (Lipinski definition) is 3. The fraction of sp³-hybridized carbons (Fsp3) is 0.950. The molecule has 0 rings (SSSR count). The van der Waals surface area contributed by atoms with Gasteiger partial charge in [0.25, 0.3) is 0 Å². The minimum absolute atomic E-state index is 0.108. The Balaban J connectivity index is 5.26. The molecule has 0 bridgehead atoms. The number of hydrogen-bond acceptors (Lipinski definition) is 15. The van der Waals surface area contributed by atoms with Crippen LogP contribution in [0, 0.1) is 11.8 Å². The molecule has 3 N–H and O–H groups in total. The predicted molar refractivity (Wildman–Crippen MR) is 405 cm³/mol. The van der Waals surface area contributed by atoms with Crippen molar-refractivity contribution in [1.82, 2.24) is 0 Å². The number of phosphoric acid groups is 2. The Bertz CT molecular complexity index is 1910. The standard InChI is InChI=1S/C80H156O17P2/c1-7-10-12-14-16-18-20-26-31-38-44-50-56-62-77(82)90-68-75(96-79(84)64-58-52-46-40-32-27-21-19-17-15-13-11-8-2)70-94-98(86,87)92-66-74(81)67-93-99(88,89)95-71-76(69-91-78(83)63-57-51-45-39-35-34-37-43-49-55-61-73(6)9-3)97-80(85)65-59-53-47-41-33-29-25-23-22-24-28-30-36-42-48-54-60-72(4)5/h72-76,81H,7-71H2,1-6H3,(H,86,87)(H,88,89)/t73?,74-,75+,76+/m0/s1. The molecule has 588 valence electrons. The number of unbranched alkanes of at least 4 members (excludes halogenated alkanes) is 48. The largest absolute Gasteiger partial charge is 0.472 e. The maximum atomic E-state index is 13.1. The van der Waals surface area contributed by atoms with Gasteiger partial charge in [0.1, 0.15) is 19.3 Å². The summed E-state index contributed by atoms with van der Waals surface area (Å²) in [6.07, 6.45) is 60.8. The van der Waals surface area contributed by atoms with Crippen molar-refractivity contribution in [2.75, 3.05) is 39.6 Å². The van der Waals surface area contributed by atoms with Crippen molar-refractivity contribution >= 4 is 39.5 Å². The van der Waals surface area contributed by atoms with Crippen molar-refractivity contribution in [1.29, 1.82) is 0 Å². The van der Waals surface area contributed by atoms with E-state index in [0.717, 1.165) is 102 Å². The van der Waals surface area contributed by atoms with Crippen LogP contribution in [0.25, 0.3) is 0 Å². The molecule has 0 saturated heterocycles. The van der Waals surface area contributed by atoms with Crippen LogP contribution in [0.15, 0.2) is 0 Å². The Morgan fingerprint density at radius 2 is 0.515 bits per heavy atom. The van der Waals surface area contributed by atoms with Gasteiger partial charge in [0.05, 0.1) is 26.4 Å². The normalized spacial score (nSPS) is 14.2. The van der Waals surface area contributed by atoms with E-state index < -0.39 is 97.5 Å². The highest BCUT2D eigenvalue weighted by Gasteiger charge is 2.30. The molecule has 6 atom stereocenters. The van der Waals surface area contributed by atoms with Crippen LogP contribution in [0.5, 0.6) is 0 Å². The first-order chi connectivity index (χ1) is 47.9. The summed E-state index contributed by atoms with van der Waals surface area (Å²) < 4.78 is 68.7. The molecule has 0 radical (unpaired) electrons. The maximum Gasteiger partial charge on any atom is 0.472 e. The fourth-order valence-electron chi connectivity index (χ4n) is 12.3. The first-order valence-corrected chi connectivity index (χ1v) is 44.5. The van der Waals surface area contributed by atoms with Gasteiger partial charge in [-0.15, -0.1) is 0 Å². The van der Waals surface area contributed by atoms with Crippen molar-refractivity contribution in [3.05, 3.63) is 0 Å². The molecule has 0 aliphatic rings. The number of carbonyl (C=O) groups is 4. The zero-order chi connectivity index (χ0) is 72.8. The van der Waals surface area contributed by atoms with Gasteiger partial charge in [-0.05, 0) is 37.5 Å². The Morgan fingerprint density at radius 1 is 0.293 bits per heavy atom. The molecule has 0 spiro atoms. The van der Waals surface area contributed by atoms with Gasteiger partial charge in [-0.2, -0.15) is 0 Å². The smallest absolute Gasteiger partial charge is 0.462 e. The van der Waals surface area contributed by atoms with E-state index in [1.54, 1.807) is 0 Å². The first-order valence-electron chi connectivity index (χ1n) is 41.5. The molecule has 0 aromatic rings. The summed E-state index contributed by atoms with van der Waals surface area (Å²) in [7, 11) is -9.92. The molecule has 0 amide bonds. The minimum atomic E-state index is -4.96. The Kier molecular flexibility index (Phi) is 70.3. The highest BCUT2D eigenvalue weighted by atomic mass is 31.2. The Labute approximate surface area is 607 Å². The van der Waals surface area contributed by atoms with E-state index in [9.17, 15) is 43.2 Å². The monoisotopic (exact) mass is 1450 g/mol. The van der Waals surface area contributed by atoms with Crippen LogP contribution in [0.4, 0.5) is 0 Å². The molecule has 0 aliphatic heterocycles. The second-order valence-electron chi connectivity index (χ2n) is 29.5. The summed E-state index contributed by atoms with van der Waals surface area (Å²) in [6, 6.07) is 0. The molecular weight excluding hydrogens is 1290 g/mol. The lowest BCUT2D eigenvalue weighted by atomic mass is 9.99. The molecule has 99 heavy (non-hydrogen) atoms. The van der Waals surface area contributed by atoms with Crippen molar-refractivity contribution in [3.63, 3.8) is 0 Å². The van der Waals surface area contributed by atoms with Crippen LogP contribution in [-0.4, -0.2) is 96.7 Å². The Hall–Kier alpha value is -1.94. The van der Waals surface area contributed by atoms with Crippen molar-refractivity contribution in [3.8, 4) is 0 Å². The van der Waals surface area contributed by atoms with Gasteiger partial charge < -0.3 is 33.8 Å². The predicted octanol–water partition coefficient (Wildman–Crippen LogP) is 23.9. The van der Waals surface area contributed by atoms with Crippen LogP contribution in [0.2, 0.25) is 0 Å². The number of esters is 4. The van der Waals surface area contributed by atoms with Gasteiger partial charge in [0, 0.05) is 25.7 Å². The number of ether oxygens (including phenoxy) is 4. The van der Waals surface area contributed by atoms with Crippen LogP contribution in [0.1, 0.15) is 420 Å². The second kappa shape index (κ2) is 71.7. The first kappa shape index (κ1) is 97.1. The average molecular weight is 1450 g/mol. The van der Waals surface area contributed by atoms with Crippen LogP contribution < -0.4 is 0 Å². The summed E-state index contributed by atoms with van der Waals surface area (Å²) in [5.74, 6) is -0.488. The topological polar surface area (TPSA) is 237 Å². The van der Waals surface area contributed by atoms with Gasteiger partial charge in [-0.25, -0.2) is 9.13 Å². The number of phosphoric ester groups is 2. The summed E-state index contributed by atoms with van der Waals surface area (Å²) in [5.41, 5.74) is 0. The minimum Gasteiger partial charge on any atom is -0.462 e. The quantitative estimate of drug-likeness (QED) is 0.0222. The lowest BCUT2D eigenvalue weighted by Crippen LogP contribution is -2.30. The summed E-state index contributed by atoms with van der Waals surface area (Å²) in [6.45, 7) is 9.69. The third-order valence-corrected chi connectivity index (χ3v) is 21.0. The van der Waals surface area contributed by atoms with Gasteiger partial charge in [0.2, 0.25) is 0 Å². The van der Waals surface area contributed by atoms with Gasteiger partial charge >= 0.3 is 39.5 Å². The molecule has 0 heterocycles. The molecule has 0 saturated carbocycles. The van der Waals surface area contributed by atoms with Crippen LogP contribution >= 0.6 is 15.6 Å². The number of aliphatic hydroxyl groups is 1. The average Bonchev–Trinajstić information content (AvgIpc) is 1.04. The van der Waals surface area contributed by atoms with Crippen molar-refractivity contribution < 1.29 is 80.2 Å². The summed E-state index contributed by atoms with van der Waals surface area (Å²) in [4.78, 5) is 73.0. The molecule has 3 unspecified atom stereocenters. The lowest BCUT2D eigenvalue weighted by Gasteiger charge is -2.21. The van der Waals surface area contributed by atoms with E-state index in [2.05, 4.69) is 41.5 Å². The van der Waals surface area contributed by atoms with Crippen LogP contribution in [0.3, 0.4) is 0 Å².